The fourth-order valence-corrected chi connectivity index (χ4v) is 5.27. The number of hydrogen-bond donors (Lipinski definition) is 2. The van der Waals surface area contributed by atoms with Gasteiger partial charge in [0.25, 0.3) is 5.91 Å². The summed E-state index contributed by atoms with van der Waals surface area (Å²) >= 11 is 0. The molecule has 0 spiro atoms. The maximum Gasteiger partial charge on any atom is 0.250 e. The van der Waals surface area contributed by atoms with Gasteiger partial charge in [-0.2, -0.15) is 10.2 Å². The molecule has 3 heterocycles. The molecule has 2 atom stereocenters. The molecule has 2 unspecified atom stereocenters. The molecule has 4 rings (SSSR count). The number of carbonyl (C=O) groups excluding carboxylic acids is 1. The molecule has 0 fully saturated rings. The van der Waals surface area contributed by atoms with Crippen molar-refractivity contribution in [3.8, 4) is 0 Å². The molecule has 1 aromatic carbocycles. The molecule has 3 aliphatic heterocycles. The third kappa shape index (κ3) is 2.70. The number of sulfone groups is 1. The summed E-state index contributed by atoms with van der Waals surface area (Å²) in [6, 6.07) is 6.88. The summed E-state index contributed by atoms with van der Waals surface area (Å²) in [5.74, 6) is -0.142. The quantitative estimate of drug-likeness (QED) is 0.814. The third-order valence-electron chi connectivity index (χ3n) is 5.79. The predicted molar refractivity (Wildman–Crippen MR) is 105 cm³/mol. The minimum absolute atomic E-state index is 0.142. The summed E-state index contributed by atoms with van der Waals surface area (Å²) < 4.78 is 24.3. The van der Waals surface area contributed by atoms with Crippen LogP contribution in [0.4, 0.5) is 0 Å². The second-order valence-electron chi connectivity index (χ2n) is 8.29. The van der Waals surface area contributed by atoms with E-state index in [0.29, 0.717) is 18.4 Å². The highest BCUT2D eigenvalue weighted by Crippen LogP contribution is 2.51. The summed E-state index contributed by atoms with van der Waals surface area (Å²) in [5, 5.41) is 14.9. The van der Waals surface area contributed by atoms with Crippen LogP contribution in [0.3, 0.4) is 0 Å². The number of benzene rings is 1. The molecule has 0 saturated carbocycles. The van der Waals surface area contributed by atoms with E-state index in [1.54, 1.807) is 24.4 Å². The summed E-state index contributed by atoms with van der Waals surface area (Å²) in [5.41, 5.74) is 1.96. The van der Waals surface area contributed by atoms with Crippen LogP contribution in [-0.2, 0) is 20.0 Å². The maximum atomic E-state index is 13.2. The lowest BCUT2D eigenvalue weighted by atomic mass is 9.62. The molecule has 8 heteroatoms. The number of azo groups is 1. The zero-order chi connectivity index (χ0) is 20.3. The van der Waals surface area contributed by atoms with Crippen LogP contribution in [-0.4, -0.2) is 32.3 Å². The van der Waals surface area contributed by atoms with Crippen LogP contribution in [0.5, 0.6) is 0 Å². The van der Waals surface area contributed by atoms with E-state index in [1.165, 1.54) is 6.26 Å². The highest BCUT2D eigenvalue weighted by atomic mass is 32.2. The lowest BCUT2D eigenvalue weighted by Crippen LogP contribution is -2.58. The van der Waals surface area contributed by atoms with Gasteiger partial charge in [0.15, 0.2) is 16.0 Å². The number of nitrogens with one attached hydrogen (secondary N) is 2. The van der Waals surface area contributed by atoms with Crippen molar-refractivity contribution in [2.24, 2.45) is 10.2 Å². The number of nitrogens with zero attached hydrogens (tertiary/aromatic N) is 2. The van der Waals surface area contributed by atoms with Gasteiger partial charge < -0.3 is 10.6 Å². The van der Waals surface area contributed by atoms with Gasteiger partial charge in [0, 0.05) is 29.5 Å². The van der Waals surface area contributed by atoms with Gasteiger partial charge in [-0.25, -0.2) is 8.42 Å². The fraction of sp³-hybridized carbons (Fsp3) is 0.450. The third-order valence-corrected chi connectivity index (χ3v) is 6.90. The van der Waals surface area contributed by atoms with E-state index >= 15 is 0 Å². The van der Waals surface area contributed by atoms with Crippen LogP contribution in [0.2, 0.25) is 0 Å². The lowest BCUT2D eigenvalue weighted by molar-refractivity contribution is -0.120. The molecule has 2 N–H and O–H groups in total. The summed E-state index contributed by atoms with van der Waals surface area (Å²) in [6.45, 7) is 5.97. The van der Waals surface area contributed by atoms with Crippen LogP contribution in [0.1, 0.15) is 39.2 Å². The van der Waals surface area contributed by atoms with Crippen molar-refractivity contribution in [3.05, 3.63) is 52.9 Å². The average molecular weight is 401 g/mol. The van der Waals surface area contributed by atoms with Crippen LogP contribution >= 0.6 is 0 Å². The van der Waals surface area contributed by atoms with Crippen LogP contribution in [0.15, 0.2) is 62.4 Å². The van der Waals surface area contributed by atoms with E-state index in [2.05, 4.69) is 20.9 Å². The van der Waals surface area contributed by atoms with Crippen molar-refractivity contribution in [1.82, 2.24) is 10.6 Å². The van der Waals surface area contributed by atoms with Crippen molar-refractivity contribution in [1.29, 1.82) is 0 Å². The Balaban J connectivity index is 2.01. The van der Waals surface area contributed by atoms with Crippen molar-refractivity contribution in [2.45, 2.75) is 55.6 Å². The molecule has 148 valence electrons. The summed E-state index contributed by atoms with van der Waals surface area (Å²) in [7, 11) is -3.38. The van der Waals surface area contributed by atoms with E-state index in [-0.39, 0.29) is 22.5 Å². The molecule has 7 nitrogen and oxygen atoms in total. The fourth-order valence-electron chi connectivity index (χ4n) is 4.60. The first-order chi connectivity index (χ1) is 13.1. The smallest absolute Gasteiger partial charge is 0.250 e. The average Bonchev–Trinajstić information content (AvgIpc) is 3.06. The first kappa shape index (κ1) is 18.9. The predicted octanol–water partition coefficient (Wildman–Crippen LogP) is 2.57. The zero-order valence-corrected chi connectivity index (χ0v) is 17.2. The Morgan fingerprint density at radius 2 is 2.04 bits per heavy atom. The Morgan fingerprint density at radius 3 is 2.71 bits per heavy atom. The van der Waals surface area contributed by atoms with Crippen molar-refractivity contribution >= 4 is 15.7 Å². The van der Waals surface area contributed by atoms with Gasteiger partial charge in [-0.05, 0) is 38.0 Å². The van der Waals surface area contributed by atoms with E-state index < -0.39 is 15.3 Å². The Hall–Kier alpha value is -2.48. The van der Waals surface area contributed by atoms with E-state index in [9.17, 15) is 13.2 Å². The molecule has 0 saturated heterocycles. The van der Waals surface area contributed by atoms with Crippen LogP contribution < -0.4 is 10.6 Å². The second-order valence-corrected chi connectivity index (χ2v) is 10.3. The second kappa shape index (κ2) is 6.01. The highest BCUT2D eigenvalue weighted by Gasteiger charge is 2.53. The van der Waals surface area contributed by atoms with Crippen molar-refractivity contribution < 1.29 is 13.2 Å². The lowest BCUT2D eigenvalue weighted by Gasteiger charge is -2.48. The van der Waals surface area contributed by atoms with E-state index in [0.717, 1.165) is 16.8 Å². The van der Waals surface area contributed by atoms with Gasteiger partial charge in [0.2, 0.25) is 0 Å². The first-order valence-electron chi connectivity index (χ1n) is 9.32. The molecule has 0 aliphatic carbocycles. The van der Waals surface area contributed by atoms with E-state index in [4.69, 9.17) is 0 Å². The number of carbonyl (C=O) groups is 1. The molecular formula is C20H24N4O3S. The number of fused-ring (bicyclic) bond motifs is 1. The molecule has 1 amide bonds. The SMILES string of the molecule is CCC1(c2cccc(S(C)(=O)=O)c2)C2=CN=NC2NC2=C1C(=O)NC(C)(C)C2. The zero-order valence-electron chi connectivity index (χ0n) is 16.4. The molecule has 28 heavy (non-hydrogen) atoms. The number of hydrogen-bond acceptors (Lipinski definition) is 6. The highest BCUT2D eigenvalue weighted by molar-refractivity contribution is 7.90. The van der Waals surface area contributed by atoms with Crippen molar-refractivity contribution in [3.63, 3.8) is 0 Å². The molecule has 0 radical (unpaired) electrons. The van der Waals surface area contributed by atoms with Crippen molar-refractivity contribution in [2.75, 3.05) is 6.26 Å². The molecule has 0 bridgehead atoms. The Morgan fingerprint density at radius 1 is 1.29 bits per heavy atom. The minimum Gasteiger partial charge on any atom is -0.362 e. The Bertz CT molecular complexity index is 1070. The topological polar surface area (TPSA) is 100.0 Å². The number of amides is 1. The maximum absolute atomic E-state index is 13.2. The van der Waals surface area contributed by atoms with E-state index in [1.807, 2.05) is 26.8 Å². The standard InChI is InChI=1S/C20H24N4O3S/c1-5-20(12-7-6-8-13(9-12)28(4,26)27)14-11-21-24-17(14)22-15-10-19(2,3)23-18(25)16(15)20/h6-9,11,17,22H,5,10H2,1-4H3,(H,23,25). The molecule has 0 aromatic heterocycles. The normalized spacial score (nSPS) is 28.2. The molecule has 3 aliphatic rings. The molecular weight excluding hydrogens is 376 g/mol. The van der Waals surface area contributed by atoms with Gasteiger partial charge in [0.05, 0.1) is 22.1 Å². The van der Waals surface area contributed by atoms with Gasteiger partial charge in [-0.1, -0.05) is 19.1 Å². The number of rotatable bonds is 3. The molecule has 1 aromatic rings. The first-order valence-corrected chi connectivity index (χ1v) is 11.2. The summed E-state index contributed by atoms with van der Waals surface area (Å²) in [6.07, 6.45) is 3.77. The van der Waals surface area contributed by atoms with Gasteiger partial charge >= 0.3 is 0 Å². The van der Waals surface area contributed by atoms with Gasteiger partial charge in [-0.15, -0.1) is 0 Å². The summed E-state index contributed by atoms with van der Waals surface area (Å²) in [4.78, 5) is 13.5. The van der Waals surface area contributed by atoms with Gasteiger partial charge in [-0.3, -0.25) is 4.79 Å². The van der Waals surface area contributed by atoms with Gasteiger partial charge in [0.1, 0.15) is 0 Å². The van der Waals surface area contributed by atoms with Crippen LogP contribution in [0.25, 0.3) is 0 Å². The monoisotopic (exact) mass is 400 g/mol. The Kier molecular flexibility index (Phi) is 4.05. The van der Waals surface area contributed by atoms with Crippen LogP contribution in [0, 0.1) is 0 Å². The largest absolute Gasteiger partial charge is 0.362 e. The minimum atomic E-state index is -3.38. The Labute approximate surface area is 164 Å².